The molecule has 0 radical (unpaired) electrons. The van der Waals surface area contributed by atoms with Crippen molar-refractivity contribution in [1.82, 2.24) is 0 Å². The number of benzene rings is 1. The highest BCUT2D eigenvalue weighted by atomic mass is 19.4. The van der Waals surface area contributed by atoms with E-state index >= 15 is 0 Å². The Morgan fingerprint density at radius 3 is 2.65 bits per heavy atom. The molecule has 1 aliphatic heterocycles. The van der Waals surface area contributed by atoms with Crippen LogP contribution in [0.5, 0.6) is 0 Å². The lowest BCUT2D eigenvalue weighted by Gasteiger charge is -2.34. The number of nitrogens with zero attached hydrogens (tertiary/aromatic N) is 1. The van der Waals surface area contributed by atoms with Gasteiger partial charge >= 0.3 is 6.18 Å². The minimum Gasteiger partial charge on any atom is -0.399 e. The number of nitrogens with two attached hydrogens (primary N) is 2. The maximum absolute atomic E-state index is 13.1. The number of primary amides is 1. The zero-order valence-corrected chi connectivity index (χ0v) is 10.8. The predicted octanol–water partition coefficient (Wildman–Crippen LogP) is 1.99. The smallest absolute Gasteiger partial charge is 0.399 e. The quantitative estimate of drug-likeness (QED) is 0.817. The second kappa shape index (κ2) is 5.22. The summed E-state index contributed by atoms with van der Waals surface area (Å²) in [6.07, 6.45) is -3.23. The normalized spacial score (nSPS) is 19.9. The molecule has 7 heteroatoms. The fourth-order valence-corrected chi connectivity index (χ4v) is 2.48. The molecule has 0 aromatic heterocycles. The molecule has 0 aliphatic carbocycles. The van der Waals surface area contributed by atoms with Gasteiger partial charge in [0.2, 0.25) is 5.91 Å². The summed E-state index contributed by atoms with van der Waals surface area (Å²) >= 11 is 0. The van der Waals surface area contributed by atoms with Gasteiger partial charge in [0, 0.05) is 24.5 Å². The molecule has 1 fully saturated rings. The molecule has 4 N–H and O–H groups in total. The van der Waals surface area contributed by atoms with Crippen LogP contribution in [0.25, 0.3) is 0 Å². The Labute approximate surface area is 114 Å². The number of rotatable bonds is 2. The molecule has 1 unspecified atom stereocenters. The standard InChI is InChI=1S/C13H16F3N3O/c14-13(15,16)10-6-9(17)3-4-11(10)19-5-1-2-8(7-19)12(18)20/h3-4,6,8H,1-2,5,7,17H2,(H2,18,20). The summed E-state index contributed by atoms with van der Waals surface area (Å²) in [7, 11) is 0. The van der Waals surface area contributed by atoms with Gasteiger partial charge in [-0.15, -0.1) is 0 Å². The van der Waals surface area contributed by atoms with Crippen LogP contribution in [0, 0.1) is 5.92 Å². The van der Waals surface area contributed by atoms with Crippen molar-refractivity contribution in [3.8, 4) is 0 Å². The van der Waals surface area contributed by atoms with Crippen LogP contribution in [-0.2, 0) is 11.0 Å². The van der Waals surface area contributed by atoms with Gasteiger partial charge in [-0.05, 0) is 31.0 Å². The second-order valence-corrected chi connectivity index (χ2v) is 4.96. The molecule has 1 aliphatic rings. The van der Waals surface area contributed by atoms with Crippen molar-refractivity contribution >= 4 is 17.3 Å². The molecule has 1 saturated heterocycles. The lowest BCUT2D eigenvalue weighted by atomic mass is 9.96. The molecule has 1 amide bonds. The molecule has 110 valence electrons. The first kappa shape index (κ1) is 14.5. The van der Waals surface area contributed by atoms with Gasteiger partial charge in [-0.3, -0.25) is 4.79 Å². The first-order valence-electron chi connectivity index (χ1n) is 6.30. The van der Waals surface area contributed by atoms with Crippen molar-refractivity contribution in [2.75, 3.05) is 23.7 Å². The van der Waals surface area contributed by atoms with Gasteiger partial charge in [0.15, 0.2) is 0 Å². The van der Waals surface area contributed by atoms with Crippen LogP contribution in [0.1, 0.15) is 18.4 Å². The number of alkyl halides is 3. The number of carbonyl (C=O) groups is 1. The molecule has 1 atom stereocenters. The van der Waals surface area contributed by atoms with Gasteiger partial charge in [-0.25, -0.2) is 0 Å². The fourth-order valence-electron chi connectivity index (χ4n) is 2.48. The lowest BCUT2D eigenvalue weighted by Crippen LogP contribution is -2.41. The molecular weight excluding hydrogens is 271 g/mol. The number of amides is 1. The van der Waals surface area contributed by atoms with E-state index in [4.69, 9.17) is 11.5 Å². The molecule has 20 heavy (non-hydrogen) atoms. The number of hydrogen-bond acceptors (Lipinski definition) is 3. The Morgan fingerprint density at radius 2 is 2.05 bits per heavy atom. The lowest BCUT2D eigenvalue weighted by molar-refractivity contribution is -0.137. The van der Waals surface area contributed by atoms with Crippen LogP contribution in [0.2, 0.25) is 0 Å². The SMILES string of the molecule is NC(=O)C1CCCN(c2ccc(N)cc2C(F)(F)F)C1. The molecule has 1 aromatic carbocycles. The first-order valence-corrected chi connectivity index (χ1v) is 6.30. The van der Waals surface area contributed by atoms with Gasteiger partial charge in [0.25, 0.3) is 0 Å². The third-order valence-corrected chi connectivity index (χ3v) is 3.49. The van der Waals surface area contributed by atoms with E-state index in [1.807, 2.05) is 0 Å². The molecule has 0 saturated carbocycles. The topological polar surface area (TPSA) is 72.4 Å². The molecule has 2 rings (SSSR count). The highest BCUT2D eigenvalue weighted by molar-refractivity contribution is 5.78. The van der Waals surface area contributed by atoms with E-state index in [2.05, 4.69) is 0 Å². The summed E-state index contributed by atoms with van der Waals surface area (Å²) < 4.78 is 39.2. The van der Waals surface area contributed by atoms with Crippen LogP contribution in [0.15, 0.2) is 18.2 Å². The van der Waals surface area contributed by atoms with E-state index < -0.39 is 23.6 Å². The van der Waals surface area contributed by atoms with Crippen LogP contribution < -0.4 is 16.4 Å². The van der Waals surface area contributed by atoms with Crippen molar-refractivity contribution in [3.05, 3.63) is 23.8 Å². The fraction of sp³-hybridized carbons (Fsp3) is 0.462. The number of hydrogen-bond donors (Lipinski definition) is 2. The Kier molecular flexibility index (Phi) is 3.78. The van der Waals surface area contributed by atoms with E-state index in [1.165, 1.54) is 12.1 Å². The Morgan fingerprint density at radius 1 is 1.35 bits per heavy atom. The molecular formula is C13H16F3N3O. The minimum atomic E-state index is -4.48. The van der Waals surface area contributed by atoms with Crippen molar-refractivity contribution in [3.63, 3.8) is 0 Å². The number of piperidine rings is 1. The molecule has 0 spiro atoms. The van der Waals surface area contributed by atoms with Gasteiger partial charge < -0.3 is 16.4 Å². The highest BCUT2D eigenvalue weighted by Crippen LogP contribution is 2.39. The minimum absolute atomic E-state index is 0.0534. The predicted molar refractivity (Wildman–Crippen MR) is 70.0 cm³/mol. The number of carbonyl (C=O) groups excluding carboxylic acids is 1. The first-order chi connectivity index (χ1) is 9.29. The van der Waals surface area contributed by atoms with E-state index in [-0.39, 0.29) is 17.9 Å². The van der Waals surface area contributed by atoms with Crippen LogP contribution in [0.3, 0.4) is 0 Å². The third kappa shape index (κ3) is 2.97. The van der Waals surface area contributed by atoms with Crippen molar-refractivity contribution < 1.29 is 18.0 Å². The van der Waals surface area contributed by atoms with Crippen LogP contribution in [0.4, 0.5) is 24.5 Å². The molecule has 1 heterocycles. The van der Waals surface area contributed by atoms with Gasteiger partial charge in [0.05, 0.1) is 11.5 Å². The van der Waals surface area contributed by atoms with Crippen molar-refractivity contribution in [1.29, 1.82) is 0 Å². The van der Waals surface area contributed by atoms with Crippen LogP contribution >= 0.6 is 0 Å². The van der Waals surface area contributed by atoms with Gasteiger partial charge in [-0.1, -0.05) is 0 Å². The Hall–Kier alpha value is -1.92. The summed E-state index contributed by atoms with van der Waals surface area (Å²) in [6, 6.07) is 3.70. The summed E-state index contributed by atoms with van der Waals surface area (Å²) in [6.45, 7) is 0.680. The van der Waals surface area contributed by atoms with Gasteiger partial charge in [-0.2, -0.15) is 13.2 Å². The monoisotopic (exact) mass is 287 g/mol. The van der Waals surface area contributed by atoms with Crippen molar-refractivity contribution in [2.24, 2.45) is 11.7 Å². The van der Waals surface area contributed by atoms with E-state index in [0.717, 1.165) is 6.07 Å². The zero-order chi connectivity index (χ0) is 14.9. The summed E-state index contributed by atoms with van der Waals surface area (Å²) in [4.78, 5) is 12.8. The third-order valence-electron chi connectivity index (χ3n) is 3.49. The highest BCUT2D eigenvalue weighted by Gasteiger charge is 2.36. The second-order valence-electron chi connectivity index (χ2n) is 4.96. The maximum Gasteiger partial charge on any atom is 0.418 e. The summed E-state index contributed by atoms with van der Waals surface area (Å²) in [5.41, 5.74) is 10.0. The van der Waals surface area contributed by atoms with Crippen LogP contribution in [-0.4, -0.2) is 19.0 Å². The number of nitrogen functional groups attached to an aromatic ring is 1. The molecule has 4 nitrogen and oxygen atoms in total. The zero-order valence-electron chi connectivity index (χ0n) is 10.8. The van der Waals surface area contributed by atoms with Crippen molar-refractivity contribution in [2.45, 2.75) is 19.0 Å². The average Bonchev–Trinajstić information content (AvgIpc) is 2.37. The molecule has 0 bridgehead atoms. The Bertz CT molecular complexity index is 516. The number of anilines is 2. The number of halogens is 3. The Balaban J connectivity index is 2.35. The van der Waals surface area contributed by atoms with Gasteiger partial charge in [0.1, 0.15) is 0 Å². The van der Waals surface area contributed by atoms with E-state index in [0.29, 0.717) is 19.4 Å². The summed E-state index contributed by atoms with van der Waals surface area (Å²) in [5.74, 6) is -0.888. The summed E-state index contributed by atoms with van der Waals surface area (Å²) in [5, 5.41) is 0. The largest absolute Gasteiger partial charge is 0.418 e. The molecule has 1 aromatic rings. The maximum atomic E-state index is 13.1. The van der Waals surface area contributed by atoms with E-state index in [1.54, 1.807) is 4.90 Å². The average molecular weight is 287 g/mol. The van der Waals surface area contributed by atoms with E-state index in [9.17, 15) is 18.0 Å².